The van der Waals surface area contributed by atoms with Gasteiger partial charge in [0.1, 0.15) is 11.6 Å². The first-order valence-electron chi connectivity index (χ1n) is 9.21. The minimum Gasteiger partial charge on any atom is -0.495 e. The second-order valence-electron chi connectivity index (χ2n) is 6.63. The van der Waals surface area contributed by atoms with Crippen molar-refractivity contribution in [3.05, 3.63) is 81.3 Å². The van der Waals surface area contributed by atoms with Crippen LogP contribution in [0.15, 0.2) is 60.7 Å². The van der Waals surface area contributed by atoms with Crippen molar-refractivity contribution in [1.29, 1.82) is 0 Å². The van der Waals surface area contributed by atoms with Gasteiger partial charge in [-0.3, -0.25) is 4.79 Å². The molecule has 0 aliphatic rings. The van der Waals surface area contributed by atoms with E-state index in [4.69, 9.17) is 39.5 Å². The minimum atomic E-state index is -0.373. The zero-order valence-electron chi connectivity index (χ0n) is 16.2. The van der Waals surface area contributed by atoms with Gasteiger partial charge in [-0.2, -0.15) is 0 Å². The van der Waals surface area contributed by atoms with Gasteiger partial charge in [-0.05, 0) is 48.5 Å². The van der Waals surface area contributed by atoms with Gasteiger partial charge in [0.15, 0.2) is 0 Å². The van der Waals surface area contributed by atoms with Crippen molar-refractivity contribution in [2.75, 3.05) is 12.4 Å². The summed E-state index contributed by atoms with van der Waals surface area (Å²) in [6, 6.07) is 16.3. The van der Waals surface area contributed by atoms with Gasteiger partial charge in [-0.1, -0.05) is 46.9 Å². The molecule has 4 aromatic rings. The van der Waals surface area contributed by atoms with E-state index in [0.717, 1.165) is 16.6 Å². The van der Waals surface area contributed by atoms with Gasteiger partial charge in [0, 0.05) is 22.2 Å². The lowest BCUT2D eigenvalue weighted by molar-refractivity contribution is -0.111. The molecule has 1 heterocycles. The molecular formula is C23H16Cl3N3O2. The van der Waals surface area contributed by atoms with Gasteiger partial charge in [-0.25, -0.2) is 4.98 Å². The number of nitrogens with one attached hydrogen (secondary N) is 2. The molecule has 5 nitrogen and oxygen atoms in total. The molecule has 8 heteroatoms. The second kappa shape index (κ2) is 9.02. The van der Waals surface area contributed by atoms with Gasteiger partial charge >= 0.3 is 0 Å². The third-order valence-corrected chi connectivity index (χ3v) is 5.37. The monoisotopic (exact) mass is 471 g/mol. The molecule has 0 saturated carbocycles. The zero-order valence-corrected chi connectivity index (χ0v) is 18.5. The number of ether oxygens (including phenoxy) is 1. The minimum absolute atomic E-state index is 0.358. The van der Waals surface area contributed by atoms with E-state index in [1.54, 1.807) is 30.3 Å². The highest BCUT2D eigenvalue weighted by Gasteiger charge is 2.11. The van der Waals surface area contributed by atoms with E-state index >= 15 is 0 Å². The van der Waals surface area contributed by atoms with E-state index < -0.39 is 0 Å². The van der Waals surface area contributed by atoms with E-state index in [-0.39, 0.29) is 5.91 Å². The highest BCUT2D eigenvalue weighted by molar-refractivity contribution is 6.36. The van der Waals surface area contributed by atoms with Crippen LogP contribution in [0.25, 0.3) is 28.5 Å². The number of halogens is 3. The number of carbonyl (C=O) groups is 1. The average molecular weight is 473 g/mol. The molecule has 3 aromatic carbocycles. The number of benzene rings is 3. The molecule has 0 atom stereocenters. The third-order valence-electron chi connectivity index (χ3n) is 4.54. The van der Waals surface area contributed by atoms with E-state index in [1.165, 1.54) is 13.2 Å². The maximum atomic E-state index is 12.5. The number of carbonyl (C=O) groups excluding carboxylic acids is 1. The quantitative estimate of drug-likeness (QED) is 0.312. The van der Waals surface area contributed by atoms with Crippen LogP contribution in [0.4, 0.5) is 5.69 Å². The predicted molar refractivity (Wildman–Crippen MR) is 127 cm³/mol. The molecule has 0 aliphatic heterocycles. The Hall–Kier alpha value is -2.99. The van der Waals surface area contributed by atoms with Crippen LogP contribution in [-0.4, -0.2) is 23.0 Å². The first-order valence-corrected chi connectivity index (χ1v) is 10.3. The number of aromatic nitrogens is 2. The predicted octanol–water partition coefficient (Wildman–Crippen LogP) is 6.85. The number of imidazole rings is 1. The fourth-order valence-electron chi connectivity index (χ4n) is 3.12. The van der Waals surface area contributed by atoms with Crippen molar-refractivity contribution in [3.63, 3.8) is 0 Å². The Kier molecular flexibility index (Phi) is 6.18. The summed E-state index contributed by atoms with van der Waals surface area (Å²) in [7, 11) is 1.50. The van der Waals surface area contributed by atoms with Crippen LogP contribution in [0.2, 0.25) is 15.1 Å². The van der Waals surface area contributed by atoms with Crippen LogP contribution in [0.1, 0.15) is 5.56 Å². The average Bonchev–Trinajstić information content (AvgIpc) is 3.18. The first kappa shape index (κ1) is 21.2. The maximum Gasteiger partial charge on any atom is 0.248 e. The summed E-state index contributed by atoms with van der Waals surface area (Å²) >= 11 is 18.5. The fraction of sp³-hybridized carbons (Fsp3) is 0.0435. The van der Waals surface area contributed by atoms with E-state index in [0.29, 0.717) is 37.9 Å². The Labute approximate surface area is 193 Å². The van der Waals surface area contributed by atoms with Gasteiger partial charge in [0.25, 0.3) is 0 Å². The number of hydrogen-bond donors (Lipinski definition) is 2. The third kappa shape index (κ3) is 4.69. The highest BCUT2D eigenvalue weighted by Crippen LogP contribution is 2.33. The standard InChI is InChI=1S/C23H16Cl3N3O2/c1-31-22-13(10-15(24)12-17(22)26)7-9-21(30)27-20-11-14(6-8-16(20)25)23-28-18-4-2-3-5-19(18)29-23/h2-12H,1H3,(H,27,30)(H,28,29)/b9-7+. The lowest BCUT2D eigenvalue weighted by Crippen LogP contribution is -2.08. The zero-order chi connectivity index (χ0) is 22.0. The van der Waals surface area contributed by atoms with E-state index in [1.807, 2.05) is 30.3 Å². The van der Waals surface area contributed by atoms with Crippen molar-refractivity contribution in [2.24, 2.45) is 0 Å². The summed E-state index contributed by atoms with van der Waals surface area (Å²) in [4.78, 5) is 20.4. The van der Waals surface area contributed by atoms with Crippen LogP contribution < -0.4 is 10.1 Å². The maximum absolute atomic E-state index is 12.5. The summed E-state index contributed by atoms with van der Waals surface area (Å²) in [5, 5.41) is 3.99. The molecular weight excluding hydrogens is 457 g/mol. The van der Waals surface area contributed by atoms with Crippen molar-refractivity contribution in [2.45, 2.75) is 0 Å². The largest absolute Gasteiger partial charge is 0.495 e. The van der Waals surface area contributed by atoms with Gasteiger partial charge in [0.05, 0.1) is 33.9 Å². The van der Waals surface area contributed by atoms with E-state index in [2.05, 4.69) is 15.3 Å². The summed E-state index contributed by atoms with van der Waals surface area (Å²) < 4.78 is 5.29. The normalized spacial score (nSPS) is 11.2. The van der Waals surface area contributed by atoms with Crippen molar-refractivity contribution in [1.82, 2.24) is 9.97 Å². The number of methoxy groups -OCH3 is 1. The molecule has 0 radical (unpaired) electrons. The molecule has 0 unspecified atom stereocenters. The summed E-state index contributed by atoms with van der Waals surface area (Å²) in [6.07, 6.45) is 2.93. The number of H-pyrrole nitrogens is 1. The summed E-state index contributed by atoms with van der Waals surface area (Å²) in [5.74, 6) is 0.740. The van der Waals surface area contributed by atoms with Crippen molar-refractivity contribution in [3.8, 4) is 17.1 Å². The smallest absolute Gasteiger partial charge is 0.248 e. The molecule has 0 aliphatic carbocycles. The molecule has 0 bridgehead atoms. The lowest BCUT2D eigenvalue weighted by atomic mass is 10.1. The summed E-state index contributed by atoms with van der Waals surface area (Å²) in [5.41, 5.74) is 3.62. The number of hydrogen-bond acceptors (Lipinski definition) is 3. The van der Waals surface area contributed by atoms with Crippen molar-refractivity contribution < 1.29 is 9.53 Å². The second-order valence-corrected chi connectivity index (χ2v) is 7.88. The first-order chi connectivity index (χ1) is 14.9. The Balaban J connectivity index is 1.57. The molecule has 1 aromatic heterocycles. The van der Waals surface area contributed by atoms with Gasteiger partial charge in [0.2, 0.25) is 5.91 Å². The Morgan fingerprint density at radius 1 is 1.06 bits per heavy atom. The van der Waals surface area contributed by atoms with Crippen LogP contribution in [0.5, 0.6) is 5.75 Å². The van der Waals surface area contributed by atoms with Crippen LogP contribution >= 0.6 is 34.8 Å². The van der Waals surface area contributed by atoms with Crippen LogP contribution in [-0.2, 0) is 4.79 Å². The van der Waals surface area contributed by atoms with Crippen molar-refractivity contribution >= 4 is 63.5 Å². The molecule has 1 amide bonds. The SMILES string of the molecule is COc1c(Cl)cc(Cl)cc1/C=C/C(=O)Nc1cc(-c2nc3ccccc3[nH]2)ccc1Cl. The number of nitrogens with zero attached hydrogens (tertiary/aromatic N) is 1. The van der Waals surface area contributed by atoms with Gasteiger partial charge < -0.3 is 15.0 Å². The molecule has 2 N–H and O–H groups in total. The fourth-order valence-corrected chi connectivity index (χ4v) is 3.87. The molecule has 0 spiro atoms. The number of fused-ring (bicyclic) bond motifs is 1. The number of rotatable bonds is 5. The highest BCUT2D eigenvalue weighted by atomic mass is 35.5. The van der Waals surface area contributed by atoms with Crippen LogP contribution in [0.3, 0.4) is 0 Å². The molecule has 0 saturated heterocycles. The number of amides is 1. The number of aromatic amines is 1. The van der Waals surface area contributed by atoms with E-state index in [9.17, 15) is 4.79 Å². The Morgan fingerprint density at radius 2 is 1.87 bits per heavy atom. The summed E-state index contributed by atoms with van der Waals surface area (Å²) in [6.45, 7) is 0. The molecule has 4 rings (SSSR count). The number of para-hydroxylation sites is 2. The molecule has 0 fully saturated rings. The molecule has 31 heavy (non-hydrogen) atoms. The Bertz CT molecular complexity index is 1280. The van der Waals surface area contributed by atoms with Crippen LogP contribution in [0, 0.1) is 0 Å². The number of anilines is 1. The lowest BCUT2D eigenvalue weighted by Gasteiger charge is -2.09. The Morgan fingerprint density at radius 3 is 2.65 bits per heavy atom. The van der Waals surface area contributed by atoms with Gasteiger partial charge in [-0.15, -0.1) is 0 Å². The molecule has 156 valence electrons. The topological polar surface area (TPSA) is 67.0 Å².